The molecule has 0 aliphatic carbocycles. The minimum Gasteiger partial charge on any atom is -0.466 e. The van der Waals surface area contributed by atoms with Gasteiger partial charge in [-0.15, -0.1) is 0 Å². The second-order valence-corrected chi connectivity index (χ2v) is 8.45. The van der Waals surface area contributed by atoms with Gasteiger partial charge in [-0.05, 0) is 48.7 Å². The molecule has 2 aliphatic rings. The Morgan fingerprint density at radius 2 is 1.79 bits per heavy atom. The van der Waals surface area contributed by atoms with E-state index in [1.165, 1.54) is 36.1 Å². The van der Waals surface area contributed by atoms with E-state index >= 15 is 0 Å². The quantitative estimate of drug-likeness (QED) is 0.683. The van der Waals surface area contributed by atoms with Crippen LogP contribution < -0.4 is 15.5 Å². The van der Waals surface area contributed by atoms with E-state index in [0.717, 1.165) is 26.2 Å². The molecule has 0 saturated carbocycles. The molecular weight excluding hydrogens is 423 g/mol. The average molecular weight is 453 g/mol. The van der Waals surface area contributed by atoms with E-state index < -0.39 is 18.0 Å². The monoisotopic (exact) mass is 452 g/mol. The Bertz CT molecular complexity index is 1080. The summed E-state index contributed by atoms with van der Waals surface area (Å²) in [6, 6.07) is 11.0. The molecular formula is C25H29FN4O3. The van der Waals surface area contributed by atoms with Crippen molar-refractivity contribution >= 4 is 17.7 Å². The lowest BCUT2D eigenvalue weighted by Gasteiger charge is -2.38. The van der Waals surface area contributed by atoms with Crippen LogP contribution >= 0.6 is 0 Å². The van der Waals surface area contributed by atoms with Crippen LogP contribution in [0.1, 0.15) is 22.7 Å². The number of ether oxygens (including phenoxy) is 1. The van der Waals surface area contributed by atoms with E-state index in [9.17, 15) is 14.0 Å². The van der Waals surface area contributed by atoms with Gasteiger partial charge in [-0.25, -0.2) is 14.0 Å². The standard InChI is InChI=1S/C25H29FN4O3/c1-16-5-4-6-21(17(16)2)30-13-11-29(12-14-30)15-20-22(24(31)33-3)23(28-25(32)27-20)18-7-9-19(26)10-8-18/h4-10,23H,11-15H2,1-3H3,(H2,27,28,32). The molecule has 2 aromatic rings. The summed E-state index contributed by atoms with van der Waals surface area (Å²) in [7, 11) is 1.31. The van der Waals surface area contributed by atoms with E-state index in [0.29, 0.717) is 23.4 Å². The highest BCUT2D eigenvalue weighted by molar-refractivity contribution is 5.95. The summed E-state index contributed by atoms with van der Waals surface area (Å²) < 4.78 is 18.5. The maximum atomic E-state index is 13.4. The zero-order chi connectivity index (χ0) is 23.5. The molecule has 1 atom stereocenters. The van der Waals surface area contributed by atoms with Gasteiger partial charge in [-0.3, -0.25) is 4.90 Å². The highest BCUT2D eigenvalue weighted by Gasteiger charge is 2.34. The highest BCUT2D eigenvalue weighted by atomic mass is 19.1. The molecule has 174 valence electrons. The number of urea groups is 1. The molecule has 1 unspecified atom stereocenters. The Hall–Kier alpha value is -3.39. The molecule has 2 aromatic carbocycles. The zero-order valence-corrected chi connectivity index (χ0v) is 19.2. The number of halogens is 1. The Morgan fingerprint density at radius 3 is 2.45 bits per heavy atom. The second kappa shape index (κ2) is 9.62. The molecule has 2 aliphatic heterocycles. The molecule has 2 heterocycles. The third kappa shape index (κ3) is 4.85. The molecule has 4 rings (SSSR count). The number of methoxy groups -OCH3 is 1. The maximum absolute atomic E-state index is 13.4. The first-order valence-electron chi connectivity index (χ1n) is 11.0. The number of amides is 2. The predicted molar refractivity (Wildman–Crippen MR) is 124 cm³/mol. The van der Waals surface area contributed by atoms with Crippen LogP contribution in [0.4, 0.5) is 14.9 Å². The van der Waals surface area contributed by atoms with Crippen molar-refractivity contribution in [1.82, 2.24) is 15.5 Å². The largest absolute Gasteiger partial charge is 0.466 e. The lowest BCUT2D eigenvalue weighted by molar-refractivity contribution is -0.136. The van der Waals surface area contributed by atoms with Crippen molar-refractivity contribution in [1.29, 1.82) is 0 Å². The Kier molecular flexibility index (Phi) is 6.65. The topological polar surface area (TPSA) is 73.9 Å². The van der Waals surface area contributed by atoms with E-state index in [2.05, 4.69) is 52.5 Å². The SMILES string of the molecule is COC(=O)C1=C(CN2CCN(c3cccc(C)c3C)CC2)NC(=O)NC1c1ccc(F)cc1. The minimum absolute atomic E-state index is 0.334. The van der Waals surface area contributed by atoms with Crippen LogP contribution in [-0.4, -0.2) is 56.7 Å². The van der Waals surface area contributed by atoms with Gasteiger partial charge in [-0.2, -0.15) is 0 Å². The molecule has 1 fully saturated rings. The number of nitrogens with one attached hydrogen (secondary N) is 2. The predicted octanol–water partition coefficient (Wildman–Crippen LogP) is 3.05. The van der Waals surface area contributed by atoms with Crippen LogP contribution in [0.5, 0.6) is 0 Å². The van der Waals surface area contributed by atoms with E-state index in [4.69, 9.17) is 4.74 Å². The molecule has 0 spiro atoms. The van der Waals surface area contributed by atoms with Gasteiger partial charge in [0.15, 0.2) is 0 Å². The number of hydrogen-bond donors (Lipinski definition) is 2. The number of nitrogens with zero attached hydrogens (tertiary/aromatic N) is 2. The van der Waals surface area contributed by atoms with Gasteiger partial charge in [-0.1, -0.05) is 24.3 Å². The number of carbonyl (C=O) groups is 2. The zero-order valence-electron chi connectivity index (χ0n) is 19.2. The number of carbonyl (C=O) groups excluding carboxylic acids is 2. The van der Waals surface area contributed by atoms with Gasteiger partial charge in [0.25, 0.3) is 0 Å². The molecule has 2 amide bonds. The Morgan fingerprint density at radius 1 is 1.09 bits per heavy atom. The van der Waals surface area contributed by atoms with E-state index in [-0.39, 0.29) is 5.82 Å². The fourth-order valence-electron chi connectivity index (χ4n) is 4.45. The van der Waals surface area contributed by atoms with Crippen LogP contribution in [0.15, 0.2) is 53.7 Å². The molecule has 0 radical (unpaired) electrons. The van der Waals surface area contributed by atoms with Crippen LogP contribution in [0.2, 0.25) is 0 Å². The Labute approximate surface area is 193 Å². The molecule has 2 N–H and O–H groups in total. The second-order valence-electron chi connectivity index (χ2n) is 8.45. The van der Waals surface area contributed by atoms with Crippen molar-refractivity contribution in [2.75, 3.05) is 44.7 Å². The summed E-state index contributed by atoms with van der Waals surface area (Å²) >= 11 is 0. The van der Waals surface area contributed by atoms with Crippen molar-refractivity contribution in [3.05, 3.63) is 76.2 Å². The van der Waals surface area contributed by atoms with Gasteiger partial charge in [0.2, 0.25) is 0 Å². The van der Waals surface area contributed by atoms with Crippen LogP contribution in [0, 0.1) is 19.7 Å². The number of benzene rings is 2. The summed E-state index contributed by atoms with van der Waals surface area (Å²) in [5, 5.41) is 5.57. The molecule has 0 aromatic heterocycles. The normalized spacial score (nSPS) is 19.2. The van der Waals surface area contributed by atoms with Gasteiger partial charge in [0.1, 0.15) is 5.82 Å². The summed E-state index contributed by atoms with van der Waals surface area (Å²) in [6.07, 6.45) is 0. The van der Waals surface area contributed by atoms with Crippen molar-refractivity contribution in [2.45, 2.75) is 19.9 Å². The lowest BCUT2D eigenvalue weighted by atomic mass is 9.95. The fraction of sp³-hybridized carbons (Fsp3) is 0.360. The van der Waals surface area contributed by atoms with Crippen molar-refractivity contribution in [3.8, 4) is 0 Å². The summed E-state index contributed by atoms with van der Waals surface area (Å²) in [5.41, 5.74) is 5.27. The number of hydrogen-bond acceptors (Lipinski definition) is 5. The average Bonchev–Trinajstić information content (AvgIpc) is 2.81. The van der Waals surface area contributed by atoms with Crippen molar-refractivity contribution in [2.24, 2.45) is 0 Å². The van der Waals surface area contributed by atoms with E-state index in [1.54, 1.807) is 12.1 Å². The van der Waals surface area contributed by atoms with Gasteiger partial charge >= 0.3 is 12.0 Å². The first-order chi connectivity index (χ1) is 15.9. The number of esters is 1. The van der Waals surface area contributed by atoms with Crippen LogP contribution in [-0.2, 0) is 9.53 Å². The number of aryl methyl sites for hydroxylation is 1. The van der Waals surface area contributed by atoms with E-state index in [1.807, 2.05) is 0 Å². The summed E-state index contributed by atoms with van der Waals surface area (Å²) in [4.78, 5) is 29.7. The Balaban J connectivity index is 1.54. The summed E-state index contributed by atoms with van der Waals surface area (Å²) in [6.45, 7) is 7.94. The summed E-state index contributed by atoms with van der Waals surface area (Å²) in [5.74, 6) is -0.912. The van der Waals surface area contributed by atoms with Crippen molar-refractivity contribution < 1.29 is 18.7 Å². The smallest absolute Gasteiger partial charge is 0.338 e. The van der Waals surface area contributed by atoms with Crippen LogP contribution in [0.3, 0.4) is 0 Å². The number of anilines is 1. The maximum Gasteiger partial charge on any atom is 0.338 e. The third-order valence-corrected chi connectivity index (χ3v) is 6.43. The molecule has 8 heteroatoms. The molecule has 1 saturated heterocycles. The van der Waals surface area contributed by atoms with Crippen molar-refractivity contribution in [3.63, 3.8) is 0 Å². The third-order valence-electron chi connectivity index (χ3n) is 6.43. The first kappa shape index (κ1) is 22.8. The minimum atomic E-state index is -0.710. The van der Waals surface area contributed by atoms with Gasteiger partial charge < -0.3 is 20.3 Å². The number of rotatable bonds is 5. The van der Waals surface area contributed by atoms with Gasteiger partial charge in [0.05, 0.1) is 18.7 Å². The lowest BCUT2D eigenvalue weighted by Crippen LogP contribution is -2.51. The first-order valence-corrected chi connectivity index (χ1v) is 11.0. The molecule has 7 nitrogen and oxygen atoms in total. The highest BCUT2D eigenvalue weighted by Crippen LogP contribution is 2.29. The van der Waals surface area contributed by atoms with Crippen LogP contribution in [0.25, 0.3) is 0 Å². The fourth-order valence-corrected chi connectivity index (χ4v) is 4.45. The number of piperazine rings is 1. The molecule has 33 heavy (non-hydrogen) atoms. The molecule has 0 bridgehead atoms. The van der Waals surface area contributed by atoms with Gasteiger partial charge in [0, 0.05) is 44.1 Å².